The lowest BCUT2D eigenvalue weighted by atomic mass is 9.83. The molecule has 2 nitrogen and oxygen atoms in total. The van der Waals surface area contributed by atoms with Gasteiger partial charge in [0, 0.05) is 0 Å². The lowest BCUT2D eigenvalue weighted by molar-refractivity contribution is 0.572. The molecule has 0 heterocycles. The highest BCUT2D eigenvalue weighted by molar-refractivity contribution is 6.46. The monoisotopic (exact) mass is 73.1 g/mol. The molecule has 0 radical (unpaired) electrons. The van der Waals surface area contributed by atoms with Gasteiger partial charge < -0.3 is 10.7 Å². The maximum Gasteiger partial charge on any atom is 0.373 e. The van der Waals surface area contributed by atoms with Crippen LogP contribution in [0, 0.1) is 0 Å². The number of hydrogen-bond acceptors (Lipinski definition) is 2. The highest BCUT2D eigenvalue weighted by Gasteiger charge is 1.93. The van der Waals surface area contributed by atoms with Crippen molar-refractivity contribution < 1.29 is 5.02 Å². The van der Waals surface area contributed by atoms with E-state index in [0.717, 1.165) is 0 Å². The Balaban J connectivity index is 2.54. The van der Waals surface area contributed by atoms with E-state index in [2.05, 4.69) is 0 Å². The van der Waals surface area contributed by atoms with E-state index in [1.165, 1.54) is 0 Å². The summed E-state index contributed by atoms with van der Waals surface area (Å²) in [6.45, 7) is 1.82. The summed E-state index contributed by atoms with van der Waals surface area (Å²) in [5.41, 5.74) is 4.85. The Bertz CT molecular complexity index is 23.6. The van der Waals surface area contributed by atoms with E-state index in [1.54, 1.807) is 0 Å². The molecule has 30 valence electrons. The van der Waals surface area contributed by atoms with Gasteiger partial charge in [-0.15, -0.1) is 0 Å². The fraction of sp³-hybridized carbons (Fsp3) is 1.00. The van der Waals surface area contributed by atoms with Crippen molar-refractivity contribution >= 4 is 7.05 Å². The Hall–Kier alpha value is -0.0151. The Morgan fingerprint density at radius 2 is 2.20 bits per heavy atom. The summed E-state index contributed by atoms with van der Waals surface area (Å²) in [5.74, 6) is 0. The molecule has 0 aromatic heterocycles. The van der Waals surface area contributed by atoms with E-state index in [-0.39, 0.29) is 0 Å². The zero-order valence-corrected chi connectivity index (χ0v) is 3.31. The summed E-state index contributed by atoms with van der Waals surface area (Å²) in [7, 11) is -0.616. The molecule has 0 amide bonds. The minimum atomic E-state index is -0.616. The summed E-state index contributed by atoms with van der Waals surface area (Å²) >= 11 is 0. The second kappa shape index (κ2) is 2.24. The molecule has 0 aromatic rings. The number of rotatable bonds is 1. The van der Waals surface area contributed by atoms with Crippen molar-refractivity contribution in [1.29, 1.82) is 0 Å². The standard InChI is InChI=1S/C2H8BNO/c1-2-3(4)5/h5H,2,4H2,1H3. The van der Waals surface area contributed by atoms with Gasteiger partial charge in [0.1, 0.15) is 0 Å². The molecule has 0 unspecified atom stereocenters. The molecule has 0 bridgehead atoms. The molecule has 0 atom stereocenters. The summed E-state index contributed by atoms with van der Waals surface area (Å²) in [6, 6.07) is 0. The van der Waals surface area contributed by atoms with Gasteiger partial charge in [-0.3, -0.25) is 0 Å². The van der Waals surface area contributed by atoms with Crippen LogP contribution in [0.25, 0.3) is 0 Å². The molecule has 0 fully saturated rings. The maximum atomic E-state index is 8.14. The van der Waals surface area contributed by atoms with Crippen LogP contribution in [0.15, 0.2) is 0 Å². The average Bonchev–Trinajstić information content (AvgIpc) is 1.38. The van der Waals surface area contributed by atoms with Crippen molar-refractivity contribution in [3.63, 3.8) is 0 Å². The van der Waals surface area contributed by atoms with Crippen molar-refractivity contribution in [3.8, 4) is 0 Å². The van der Waals surface area contributed by atoms with E-state index in [0.29, 0.717) is 6.32 Å². The van der Waals surface area contributed by atoms with Gasteiger partial charge in [0.05, 0.1) is 0 Å². The van der Waals surface area contributed by atoms with Crippen molar-refractivity contribution in [2.24, 2.45) is 5.64 Å². The molecule has 5 heavy (non-hydrogen) atoms. The first-order valence-electron chi connectivity index (χ1n) is 1.71. The quantitative estimate of drug-likeness (QED) is 0.409. The van der Waals surface area contributed by atoms with Gasteiger partial charge in [0.2, 0.25) is 0 Å². The second-order valence-electron chi connectivity index (χ2n) is 0.976. The van der Waals surface area contributed by atoms with Crippen LogP contribution in [-0.4, -0.2) is 12.1 Å². The van der Waals surface area contributed by atoms with E-state index in [4.69, 9.17) is 10.7 Å². The van der Waals surface area contributed by atoms with Gasteiger partial charge in [-0.2, -0.15) is 0 Å². The summed E-state index contributed by atoms with van der Waals surface area (Å²) in [4.78, 5) is 0. The van der Waals surface area contributed by atoms with Crippen molar-refractivity contribution in [2.75, 3.05) is 0 Å². The van der Waals surface area contributed by atoms with Crippen LogP contribution in [-0.2, 0) is 0 Å². The van der Waals surface area contributed by atoms with Gasteiger partial charge in [-0.25, -0.2) is 0 Å². The molecule has 0 spiro atoms. The molecule has 3 N–H and O–H groups in total. The number of nitrogens with two attached hydrogens (primary N) is 1. The zero-order chi connectivity index (χ0) is 4.28. The molecule has 0 aliphatic heterocycles. The van der Waals surface area contributed by atoms with Crippen molar-refractivity contribution in [3.05, 3.63) is 0 Å². The zero-order valence-electron chi connectivity index (χ0n) is 3.31. The average molecular weight is 72.9 g/mol. The van der Waals surface area contributed by atoms with Crippen LogP contribution in [0.4, 0.5) is 0 Å². The van der Waals surface area contributed by atoms with E-state index in [1.807, 2.05) is 6.92 Å². The predicted molar refractivity (Wildman–Crippen MR) is 22.6 cm³/mol. The fourth-order valence-electron chi connectivity index (χ4n) is 0. The highest BCUT2D eigenvalue weighted by atomic mass is 16.2. The van der Waals surface area contributed by atoms with E-state index >= 15 is 0 Å². The van der Waals surface area contributed by atoms with Crippen molar-refractivity contribution in [2.45, 2.75) is 13.2 Å². The summed E-state index contributed by atoms with van der Waals surface area (Å²) < 4.78 is 0. The van der Waals surface area contributed by atoms with E-state index in [9.17, 15) is 0 Å². The maximum absolute atomic E-state index is 8.14. The van der Waals surface area contributed by atoms with Gasteiger partial charge >= 0.3 is 7.05 Å². The van der Waals surface area contributed by atoms with Gasteiger partial charge in [0.15, 0.2) is 0 Å². The molecule has 0 saturated carbocycles. The molecule has 0 rings (SSSR count). The minimum Gasteiger partial charge on any atom is -0.437 e. The fourth-order valence-corrected chi connectivity index (χ4v) is 0. The Morgan fingerprint density at radius 3 is 2.20 bits per heavy atom. The van der Waals surface area contributed by atoms with Crippen LogP contribution < -0.4 is 5.64 Å². The molecule has 3 heteroatoms. The minimum absolute atomic E-state index is 0.616. The third-order valence-electron chi connectivity index (χ3n) is 0.418. The van der Waals surface area contributed by atoms with Crippen LogP contribution in [0.2, 0.25) is 6.32 Å². The molecular formula is C2H8BNO. The molecule has 0 saturated heterocycles. The highest BCUT2D eigenvalue weighted by Crippen LogP contribution is 1.69. The van der Waals surface area contributed by atoms with Crippen LogP contribution in [0.1, 0.15) is 6.92 Å². The first kappa shape index (κ1) is 4.98. The lowest BCUT2D eigenvalue weighted by Crippen LogP contribution is -2.22. The normalized spacial score (nSPS) is 7.80. The first-order chi connectivity index (χ1) is 2.27. The predicted octanol–water partition coefficient (Wildman–Crippen LogP) is -0.555. The Labute approximate surface area is 32.1 Å². The first-order valence-corrected chi connectivity index (χ1v) is 1.71. The third kappa shape index (κ3) is 3.98. The van der Waals surface area contributed by atoms with Gasteiger partial charge in [-0.1, -0.05) is 6.92 Å². The summed E-state index contributed by atoms with van der Waals surface area (Å²) in [6.07, 6.45) is 0.639. The van der Waals surface area contributed by atoms with E-state index < -0.39 is 7.05 Å². The molecule has 0 aliphatic carbocycles. The molecule has 0 aliphatic rings. The molecule has 0 aromatic carbocycles. The third-order valence-corrected chi connectivity index (χ3v) is 0.418. The Morgan fingerprint density at radius 1 is 2.00 bits per heavy atom. The summed E-state index contributed by atoms with van der Waals surface area (Å²) in [5, 5.41) is 8.14. The Kier molecular flexibility index (Phi) is 2.23. The number of hydrogen-bond donors (Lipinski definition) is 2. The van der Waals surface area contributed by atoms with Crippen LogP contribution >= 0.6 is 0 Å². The lowest BCUT2D eigenvalue weighted by Gasteiger charge is -1.83. The van der Waals surface area contributed by atoms with Crippen molar-refractivity contribution in [1.82, 2.24) is 0 Å². The molecular weight excluding hydrogens is 64.8 g/mol. The largest absolute Gasteiger partial charge is 0.437 e. The van der Waals surface area contributed by atoms with Gasteiger partial charge in [0.25, 0.3) is 0 Å². The second-order valence-corrected chi connectivity index (χ2v) is 0.976. The SMILES string of the molecule is CCB(N)O. The van der Waals surface area contributed by atoms with Crippen LogP contribution in [0.5, 0.6) is 0 Å². The topological polar surface area (TPSA) is 46.2 Å². The van der Waals surface area contributed by atoms with Crippen LogP contribution in [0.3, 0.4) is 0 Å². The van der Waals surface area contributed by atoms with Gasteiger partial charge in [-0.05, 0) is 6.32 Å². The smallest absolute Gasteiger partial charge is 0.373 e.